The molecule has 0 spiro atoms. The fourth-order valence-corrected chi connectivity index (χ4v) is 5.95. The van der Waals surface area contributed by atoms with Gasteiger partial charge < -0.3 is 20.3 Å². The molecule has 3 N–H and O–H groups in total. The zero-order chi connectivity index (χ0) is 27.2. The molecule has 5 rings (SSSR count). The number of aliphatic hydroxyl groups is 1. The van der Waals surface area contributed by atoms with E-state index in [-0.39, 0.29) is 41.2 Å². The first-order chi connectivity index (χ1) is 17.9. The summed E-state index contributed by atoms with van der Waals surface area (Å²) in [5, 5.41) is 16.5. The summed E-state index contributed by atoms with van der Waals surface area (Å²) in [6, 6.07) is 4.73. The van der Waals surface area contributed by atoms with Gasteiger partial charge >= 0.3 is 6.18 Å². The number of anilines is 2. The van der Waals surface area contributed by atoms with Crippen molar-refractivity contribution in [3.63, 3.8) is 0 Å². The van der Waals surface area contributed by atoms with Crippen molar-refractivity contribution in [2.45, 2.75) is 43.4 Å². The van der Waals surface area contributed by atoms with Gasteiger partial charge in [-0.2, -0.15) is 13.2 Å². The minimum atomic E-state index is -4.58. The van der Waals surface area contributed by atoms with Crippen molar-refractivity contribution in [1.82, 2.24) is 19.5 Å². The number of benzene rings is 1. The van der Waals surface area contributed by atoms with Gasteiger partial charge in [0.1, 0.15) is 17.2 Å². The Balaban J connectivity index is 1.22. The maximum Gasteiger partial charge on any atom is 0.433 e. The monoisotopic (exact) mass is 552 g/mol. The zero-order valence-corrected chi connectivity index (χ0v) is 21.0. The van der Waals surface area contributed by atoms with Crippen LogP contribution in [-0.4, -0.2) is 42.7 Å². The molecule has 0 aliphatic heterocycles. The Morgan fingerprint density at radius 3 is 2.58 bits per heavy atom. The predicted molar refractivity (Wildman–Crippen MR) is 131 cm³/mol. The highest BCUT2D eigenvalue weighted by Gasteiger charge is 2.49. The molecule has 1 amide bonds. The third kappa shape index (κ3) is 5.32. The van der Waals surface area contributed by atoms with Gasteiger partial charge in [0, 0.05) is 31.4 Å². The van der Waals surface area contributed by atoms with Gasteiger partial charge in [0.15, 0.2) is 0 Å². The number of amides is 1. The van der Waals surface area contributed by atoms with E-state index in [1.165, 1.54) is 18.2 Å². The average molecular weight is 553 g/mol. The maximum atomic E-state index is 13.5. The molecule has 1 aromatic carbocycles. The molecule has 13 heteroatoms. The fourth-order valence-electron chi connectivity index (χ4n) is 5.77. The molecular formula is C25H25ClF4N6O2. The number of nitrogens with one attached hydrogen (secondary N) is 2. The van der Waals surface area contributed by atoms with Gasteiger partial charge in [-0.05, 0) is 61.8 Å². The van der Waals surface area contributed by atoms with E-state index in [2.05, 4.69) is 25.6 Å². The molecule has 3 aromatic rings. The van der Waals surface area contributed by atoms with Crippen LogP contribution in [0, 0.1) is 17.7 Å². The summed E-state index contributed by atoms with van der Waals surface area (Å²) in [6.07, 6.45) is 0.375. The first-order valence-electron chi connectivity index (χ1n) is 12.1. The van der Waals surface area contributed by atoms with E-state index in [0.29, 0.717) is 42.8 Å². The Hall–Kier alpha value is -3.25. The van der Waals surface area contributed by atoms with Gasteiger partial charge in [-0.15, -0.1) is 0 Å². The van der Waals surface area contributed by atoms with Crippen molar-refractivity contribution in [3.05, 3.63) is 64.7 Å². The van der Waals surface area contributed by atoms with Gasteiger partial charge in [0.05, 0.1) is 22.6 Å². The van der Waals surface area contributed by atoms with E-state index in [4.69, 9.17) is 11.6 Å². The quantitative estimate of drug-likeness (QED) is 0.371. The Kier molecular flexibility index (Phi) is 6.80. The minimum Gasteiger partial charge on any atom is -0.388 e. The predicted octanol–water partition coefficient (Wildman–Crippen LogP) is 5.02. The van der Waals surface area contributed by atoms with Crippen molar-refractivity contribution in [2.24, 2.45) is 18.9 Å². The van der Waals surface area contributed by atoms with Gasteiger partial charge in [-0.3, -0.25) is 4.79 Å². The summed E-state index contributed by atoms with van der Waals surface area (Å²) in [7, 11) is 1.72. The van der Waals surface area contributed by atoms with Crippen molar-refractivity contribution < 1.29 is 27.5 Å². The molecule has 0 bridgehead atoms. The Bertz CT molecular complexity index is 1350. The van der Waals surface area contributed by atoms with E-state index in [1.807, 2.05) is 0 Å². The number of carbonyl (C=O) groups excluding carboxylic acids is 1. The number of aryl methyl sites for hydroxylation is 1. The van der Waals surface area contributed by atoms with Crippen molar-refractivity contribution in [3.8, 4) is 0 Å². The number of carbonyl (C=O) groups is 1. The second-order valence-corrected chi connectivity index (χ2v) is 10.5. The summed E-state index contributed by atoms with van der Waals surface area (Å²) in [5.41, 5.74) is -0.741. The molecule has 0 radical (unpaired) electrons. The number of alkyl halides is 3. The molecular weight excluding hydrogens is 528 g/mol. The number of nitrogens with zero attached hydrogens (tertiary/aromatic N) is 4. The normalized spacial score (nSPS) is 24.9. The van der Waals surface area contributed by atoms with E-state index in [1.54, 1.807) is 17.9 Å². The molecule has 0 saturated heterocycles. The molecule has 38 heavy (non-hydrogen) atoms. The van der Waals surface area contributed by atoms with E-state index < -0.39 is 23.3 Å². The first kappa shape index (κ1) is 26.4. The molecule has 2 atom stereocenters. The smallest absolute Gasteiger partial charge is 0.388 e. The lowest BCUT2D eigenvalue weighted by atomic mass is 9.92. The SMILES string of the molecule is Cn1cnc(C2CC3CC(O)(CNc4nccc(C(F)(F)F)n4)CC3C2)c1C(=O)Nc1ccc(F)c(Cl)c1. The molecule has 2 heterocycles. The number of rotatable bonds is 6. The average Bonchev–Trinajstić information content (AvgIpc) is 3.51. The zero-order valence-electron chi connectivity index (χ0n) is 20.3. The highest BCUT2D eigenvalue weighted by Crippen LogP contribution is 2.54. The standard InChI is InChI=1S/C25H25ClF4N6O2/c1-36-12-33-20(21(36)22(37)34-16-2-3-18(27)17(26)8-16)13-6-14-9-24(38,10-15(14)7-13)11-32-23-31-5-4-19(35-23)25(28,29)30/h2-5,8,12-15,38H,6-7,9-11H2,1H3,(H,34,37)(H,31,32,35). The number of hydrogen-bond acceptors (Lipinski definition) is 6. The van der Waals surface area contributed by atoms with Crippen LogP contribution in [0.25, 0.3) is 0 Å². The number of imidazole rings is 1. The first-order valence-corrected chi connectivity index (χ1v) is 12.4. The molecule has 2 aliphatic carbocycles. The summed E-state index contributed by atoms with van der Waals surface area (Å²) >= 11 is 5.83. The van der Waals surface area contributed by atoms with Gasteiger partial charge in [0.25, 0.3) is 5.91 Å². The van der Waals surface area contributed by atoms with E-state index in [9.17, 15) is 27.5 Å². The topological polar surface area (TPSA) is 105 Å². The highest BCUT2D eigenvalue weighted by molar-refractivity contribution is 6.31. The number of hydrogen-bond donors (Lipinski definition) is 3. The van der Waals surface area contributed by atoms with Crippen LogP contribution in [0.2, 0.25) is 5.02 Å². The van der Waals surface area contributed by atoms with E-state index >= 15 is 0 Å². The Morgan fingerprint density at radius 1 is 1.21 bits per heavy atom. The van der Waals surface area contributed by atoms with Crippen LogP contribution in [0.5, 0.6) is 0 Å². The van der Waals surface area contributed by atoms with Crippen LogP contribution < -0.4 is 10.6 Å². The van der Waals surface area contributed by atoms with Crippen LogP contribution in [0.15, 0.2) is 36.8 Å². The summed E-state index contributed by atoms with van der Waals surface area (Å²) in [4.78, 5) is 24.9. The summed E-state index contributed by atoms with van der Waals surface area (Å²) in [6.45, 7) is 0.0312. The van der Waals surface area contributed by atoms with Crippen LogP contribution in [0.3, 0.4) is 0 Å². The minimum absolute atomic E-state index is 0.00747. The number of halogens is 5. The van der Waals surface area contributed by atoms with Crippen molar-refractivity contribution >= 4 is 29.1 Å². The largest absolute Gasteiger partial charge is 0.433 e. The Morgan fingerprint density at radius 2 is 1.92 bits per heavy atom. The van der Waals surface area contributed by atoms with Crippen molar-refractivity contribution in [2.75, 3.05) is 17.2 Å². The number of fused-ring (bicyclic) bond motifs is 1. The second-order valence-electron chi connectivity index (χ2n) is 10.1. The lowest BCUT2D eigenvalue weighted by molar-refractivity contribution is -0.141. The molecule has 202 valence electrons. The van der Waals surface area contributed by atoms with Gasteiger partial charge in [0.2, 0.25) is 5.95 Å². The van der Waals surface area contributed by atoms with Gasteiger partial charge in [-0.25, -0.2) is 19.3 Å². The van der Waals surface area contributed by atoms with Gasteiger partial charge in [-0.1, -0.05) is 11.6 Å². The molecule has 2 fully saturated rings. The molecule has 2 unspecified atom stereocenters. The molecule has 2 aliphatic rings. The Labute approximate surface area is 220 Å². The third-order valence-electron chi connectivity index (χ3n) is 7.39. The third-order valence-corrected chi connectivity index (χ3v) is 7.68. The summed E-state index contributed by atoms with van der Waals surface area (Å²) in [5.74, 6) is -0.809. The lowest BCUT2D eigenvalue weighted by Gasteiger charge is -2.25. The maximum absolute atomic E-state index is 13.5. The van der Waals surface area contributed by atoms with Crippen molar-refractivity contribution in [1.29, 1.82) is 0 Å². The highest BCUT2D eigenvalue weighted by atomic mass is 35.5. The molecule has 2 aromatic heterocycles. The molecule has 2 saturated carbocycles. The second kappa shape index (κ2) is 9.81. The van der Waals surface area contributed by atoms with Crippen LogP contribution in [-0.2, 0) is 13.2 Å². The van der Waals surface area contributed by atoms with Crippen LogP contribution in [0.1, 0.15) is 53.5 Å². The lowest BCUT2D eigenvalue weighted by Crippen LogP contribution is -2.35. The fraction of sp³-hybridized carbons (Fsp3) is 0.440. The van der Waals surface area contributed by atoms with Crippen LogP contribution >= 0.6 is 11.6 Å². The number of aromatic nitrogens is 4. The van der Waals surface area contributed by atoms with E-state index in [0.717, 1.165) is 12.3 Å². The summed E-state index contributed by atoms with van der Waals surface area (Å²) < 4.78 is 53.9. The van der Waals surface area contributed by atoms with Crippen LogP contribution in [0.4, 0.5) is 29.2 Å². The molecule has 8 nitrogen and oxygen atoms in total.